The minimum Gasteiger partial charge on any atom is -0.323 e. The van der Waals surface area contributed by atoms with Gasteiger partial charge in [0.15, 0.2) is 0 Å². The molecule has 1 unspecified atom stereocenters. The largest absolute Gasteiger partial charge is 0.323 e. The second kappa shape index (κ2) is 1.80. The maximum atomic E-state index is 10.9. The zero-order valence-electron chi connectivity index (χ0n) is 5.27. The van der Waals surface area contributed by atoms with Gasteiger partial charge in [0.2, 0.25) is 0 Å². The number of carbonyl (C=O) groups is 1. The van der Waals surface area contributed by atoms with Crippen molar-refractivity contribution in [1.82, 2.24) is 4.90 Å². The molecule has 1 atom stereocenters. The molecular weight excluding hydrogens is 128 g/mol. The van der Waals surface area contributed by atoms with E-state index in [9.17, 15) is 4.79 Å². The van der Waals surface area contributed by atoms with Crippen molar-refractivity contribution in [2.75, 3.05) is 0 Å². The fourth-order valence-electron chi connectivity index (χ4n) is 1.03. The van der Waals surface area contributed by atoms with Gasteiger partial charge in [0.25, 0.3) is 5.91 Å². The number of amides is 1. The minimum atomic E-state index is -0.162. The Morgan fingerprint density at radius 2 is 2.40 bits per heavy atom. The Bertz CT molecular complexity index is 250. The maximum Gasteiger partial charge on any atom is 0.274 e. The summed E-state index contributed by atoms with van der Waals surface area (Å²) in [5.41, 5.74) is 0. The molecule has 0 saturated carbocycles. The van der Waals surface area contributed by atoms with Crippen molar-refractivity contribution >= 4 is 12.2 Å². The Labute approximate surface area is 58.4 Å². The molecule has 10 heavy (non-hydrogen) atoms. The summed E-state index contributed by atoms with van der Waals surface area (Å²) in [7, 11) is 0. The van der Waals surface area contributed by atoms with E-state index < -0.39 is 0 Å². The highest BCUT2D eigenvalue weighted by atomic mass is 16.2. The number of hydrogen-bond donors (Lipinski definition) is 0. The lowest BCUT2D eigenvalue weighted by Gasteiger charge is -2.16. The highest BCUT2D eigenvalue weighted by molar-refractivity contribution is 5.97. The lowest BCUT2D eigenvalue weighted by molar-refractivity contribution is -0.118. The van der Waals surface area contributed by atoms with Crippen molar-refractivity contribution in [3.05, 3.63) is 24.4 Å². The van der Waals surface area contributed by atoms with Crippen LogP contribution in [0.15, 0.2) is 29.4 Å². The van der Waals surface area contributed by atoms with Gasteiger partial charge in [-0.3, -0.25) is 4.79 Å². The van der Waals surface area contributed by atoms with Gasteiger partial charge < -0.3 is 4.90 Å². The summed E-state index contributed by atoms with van der Waals surface area (Å²) >= 11 is 0. The van der Waals surface area contributed by atoms with Gasteiger partial charge in [-0.25, -0.2) is 4.99 Å². The third-order valence-corrected chi connectivity index (χ3v) is 1.56. The summed E-state index contributed by atoms with van der Waals surface area (Å²) in [5.74, 6) is -0.0828. The molecule has 0 saturated heterocycles. The SMILES string of the molecule is O=C1N=CN2C=CC=CC12. The van der Waals surface area contributed by atoms with E-state index in [1.54, 1.807) is 11.2 Å². The van der Waals surface area contributed by atoms with E-state index in [4.69, 9.17) is 0 Å². The van der Waals surface area contributed by atoms with Crippen LogP contribution in [-0.4, -0.2) is 23.2 Å². The average molecular weight is 134 g/mol. The van der Waals surface area contributed by atoms with E-state index in [1.807, 2.05) is 24.4 Å². The normalized spacial score (nSPS) is 27.8. The molecule has 2 aliphatic heterocycles. The van der Waals surface area contributed by atoms with E-state index in [1.165, 1.54) is 0 Å². The van der Waals surface area contributed by atoms with Gasteiger partial charge in [-0.2, -0.15) is 0 Å². The standard InChI is InChI=1S/C7H6N2O/c10-7-6-3-1-2-4-9(6)5-8-7/h1-6H. The number of aliphatic imine (C=N–C) groups is 1. The Morgan fingerprint density at radius 1 is 1.50 bits per heavy atom. The Morgan fingerprint density at radius 3 is 3.20 bits per heavy atom. The molecule has 0 fully saturated rings. The molecule has 2 rings (SSSR count). The van der Waals surface area contributed by atoms with Gasteiger partial charge in [0.1, 0.15) is 6.04 Å². The summed E-state index contributed by atoms with van der Waals surface area (Å²) < 4.78 is 0. The zero-order valence-corrected chi connectivity index (χ0v) is 5.27. The lowest BCUT2D eigenvalue weighted by Crippen LogP contribution is -2.28. The molecule has 0 bridgehead atoms. The molecule has 2 heterocycles. The number of carbonyl (C=O) groups excluding carboxylic acids is 1. The van der Waals surface area contributed by atoms with E-state index in [0.717, 1.165) is 0 Å². The molecule has 0 aliphatic carbocycles. The second-order valence-corrected chi connectivity index (χ2v) is 2.20. The van der Waals surface area contributed by atoms with Crippen LogP contribution in [0.4, 0.5) is 0 Å². The van der Waals surface area contributed by atoms with Crippen LogP contribution >= 0.6 is 0 Å². The Hall–Kier alpha value is -1.38. The van der Waals surface area contributed by atoms with Crippen LogP contribution in [-0.2, 0) is 4.79 Å². The highest BCUT2D eigenvalue weighted by Gasteiger charge is 2.25. The molecule has 2 aliphatic rings. The second-order valence-electron chi connectivity index (χ2n) is 2.20. The van der Waals surface area contributed by atoms with E-state index in [0.29, 0.717) is 0 Å². The summed E-state index contributed by atoms with van der Waals surface area (Å²) in [6.45, 7) is 0. The zero-order chi connectivity index (χ0) is 6.97. The monoisotopic (exact) mass is 134 g/mol. The summed E-state index contributed by atoms with van der Waals surface area (Å²) in [6, 6.07) is -0.162. The predicted molar refractivity (Wildman–Crippen MR) is 37.4 cm³/mol. The Kier molecular flexibility index (Phi) is 0.974. The molecule has 0 aromatic rings. The molecule has 3 nitrogen and oxygen atoms in total. The van der Waals surface area contributed by atoms with E-state index in [2.05, 4.69) is 4.99 Å². The van der Waals surface area contributed by atoms with E-state index in [-0.39, 0.29) is 11.9 Å². The van der Waals surface area contributed by atoms with Gasteiger partial charge in [-0.05, 0) is 6.08 Å². The summed E-state index contributed by atoms with van der Waals surface area (Å²) in [5, 5.41) is 0. The maximum absolute atomic E-state index is 10.9. The van der Waals surface area contributed by atoms with Gasteiger partial charge in [0.05, 0.1) is 6.34 Å². The molecule has 0 spiro atoms. The fraction of sp³-hybridized carbons (Fsp3) is 0.143. The van der Waals surface area contributed by atoms with Crippen LogP contribution in [0.1, 0.15) is 0 Å². The molecule has 3 heteroatoms. The van der Waals surface area contributed by atoms with Crippen molar-refractivity contribution < 1.29 is 4.79 Å². The van der Waals surface area contributed by atoms with Gasteiger partial charge >= 0.3 is 0 Å². The first-order valence-electron chi connectivity index (χ1n) is 3.08. The smallest absolute Gasteiger partial charge is 0.274 e. The summed E-state index contributed by atoms with van der Waals surface area (Å²) in [4.78, 5) is 16.3. The summed E-state index contributed by atoms with van der Waals surface area (Å²) in [6.07, 6.45) is 8.94. The van der Waals surface area contributed by atoms with E-state index >= 15 is 0 Å². The van der Waals surface area contributed by atoms with Crippen LogP contribution in [0.5, 0.6) is 0 Å². The first kappa shape index (κ1) is 5.41. The van der Waals surface area contributed by atoms with Crippen molar-refractivity contribution in [1.29, 1.82) is 0 Å². The molecule has 0 radical (unpaired) electrons. The molecule has 50 valence electrons. The quantitative estimate of drug-likeness (QED) is 0.477. The average Bonchev–Trinajstić information content (AvgIpc) is 2.34. The van der Waals surface area contributed by atoms with Crippen molar-refractivity contribution in [3.63, 3.8) is 0 Å². The third kappa shape index (κ3) is 0.603. The lowest BCUT2D eigenvalue weighted by atomic mass is 10.2. The van der Waals surface area contributed by atoms with Crippen LogP contribution in [0.3, 0.4) is 0 Å². The van der Waals surface area contributed by atoms with Crippen LogP contribution in [0.2, 0.25) is 0 Å². The Balaban J connectivity index is 2.34. The highest BCUT2D eigenvalue weighted by Crippen LogP contribution is 2.12. The molecule has 0 aromatic heterocycles. The topological polar surface area (TPSA) is 32.7 Å². The molecular formula is C7H6N2O. The number of rotatable bonds is 0. The fourth-order valence-corrected chi connectivity index (χ4v) is 1.03. The molecule has 0 N–H and O–H groups in total. The van der Waals surface area contributed by atoms with Crippen LogP contribution < -0.4 is 0 Å². The molecule has 1 amide bonds. The van der Waals surface area contributed by atoms with Gasteiger partial charge in [-0.15, -0.1) is 0 Å². The van der Waals surface area contributed by atoms with Gasteiger partial charge in [0, 0.05) is 6.20 Å². The number of nitrogens with zero attached hydrogens (tertiary/aromatic N) is 2. The number of hydrogen-bond acceptors (Lipinski definition) is 2. The minimum absolute atomic E-state index is 0.0828. The van der Waals surface area contributed by atoms with Crippen molar-refractivity contribution in [2.45, 2.75) is 6.04 Å². The first-order chi connectivity index (χ1) is 4.88. The van der Waals surface area contributed by atoms with Crippen molar-refractivity contribution in [2.24, 2.45) is 4.99 Å². The predicted octanol–water partition coefficient (Wildman–Crippen LogP) is 0.309. The third-order valence-electron chi connectivity index (χ3n) is 1.56. The number of fused-ring (bicyclic) bond motifs is 1. The van der Waals surface area contributed by atoms with Gasteiger partial charge in [-0.1, -0.05) is 12.2 Å². The first-order valence-corrected chi connectivity index (χ1v) is 3.08. The van der Waals surface area contributed by atoms with Crippen LogP contribution in [0.25, 0.3) is 0 Å². The number of allylic oxidation sites excluding steroid dienone is 2. The molecule has 0 aromatic carbocycles. The van der Waals surface area contributed by atoms with Crippen molar-refractivity contribution in [3.8, 4) is 0 Å². The van der Waals surface area contributed by atoms with Crippen LogP contribution in [0, 0.1) is 0 Å².